The van der Waals surface area contributed by atoms with Gasteiger partial charge in [0.1, 0.15) is 0 Å². The van der Waals surface area contributed by atoms with Gasteiger partial charge in [0.05, 0.1) is 13.2 Å². The molecule has 1 aromatic rings. The minimum Gasteiger partial charge on any atom is -0.465 e. The second-order valence-corrected chi connectivity index (χ2v) is 9.20. The fourth-order valence-corrected chi connectivity index (χ4v) is 6.84. The number of ether oxygens (including phenoxy) is 2. The minimum absolute atomic E-state index is 0.175. The number of allylic oxidation sites excluding steroid dienone is 2. The summed E-state index contributed by atoms with van der Waals surface area (Å²) in [7, 11) is 0. The first-order valence-electron chi connectivity index (χ1n) is 11.0. The van der Waals surface area contributed by atoms with Crippen LogP contribution in [-0.4, -0.2) is 25.2 Å². The smallest absolute Gasteiger partial charge is 0.323 e. The highest BCUT2D eigenvalue weighted by atomic mass is 16.6. The lowest BCUT2D eigenvalue weighted by atomic mass is 9.74. The molecular formula is C25H32O4. The number of carbonyl (C=O) groups excluding carboxylic acids is 2. The van der Waals surface area contributed by atoms with Gasteiger partial charge in [0.2, 0.25) is 0 Å². The quantitative estimate of drug-likeness (QED) is 0.397. The fraction of sp³-hybridized carbons (Fsp3) is 0.600. The van der Waals surface area contributed by atoms with Gasteiger partial charge in [-0.15, -0.1) is 0 Å². The normalized spacial score (nSPS) is 32.1. The molecule has 0 radical (unpaired) electrons. The SMILES string of the molecule is CCOC(=O)C1(C(=O)OCC)C[C@H]2[C@H](c3ccccc3)[C@@H]3CCC(C)=C3[C@@]2(C)C1. The van der Waals surface area contributed by atoms with Crippen LogP contribution in [0.5, 0.6) is 0 Å². The van der Waals surface area contributed by atoms with Crippen molar-refractivity contribution < 1.29 is 19.1 Å². The molecule has 0 unspecified atom stereocenters. The minimum atomic E-state index is -1.20. The van der Waals surface area contributed by atoms with Crippen LogP contribution in [0, 0.1) is 22.7 Å². The Morgan fingerprint density at radius 3 is 2.28 bits per heavy atom. The Kier molecular flexibility index (Phi) is 5.08. The van der Waals surface area contributed by atoms with Crippen LogP contribution in [0.15, 0.2) is 41.5 Å². The molecule has 1 aromatic carbocycles. The van der Waals surface area contributed by atoms with Crippen molar-refractivity contribution in [1.82, 2.24) is 0 Å². The molecule has 0 spiro atoms. The summed E-state index contributed by atoms with van der Waals surface area (Å²) in [6, 6.07) is 10.6. The van der Waals surface area contributed by atoms with Crippen molar-refractivity contribution in [2.45, 2.75) is 59.3 Å². The lowest BCUT2D eigenvalue weighted by Crippen LogP contribution is -2.41. The van der Waals surface area contributed by atoms with Crippen LogP contribution >= 0.6 is 0 Å². The maximum atomic E-state index is 13.1. The van der Waals surface area contributed by atoms with Gasteiger partial charge in [-0.1, -0.05) is 48.4 Å². The van der Waals surface area contributed by atoms with E-state index in [0.717, 1.165) is 6.42 Å². The Labute approximate surface area is 173 Å². The Bertz CT molecular complexity index is 822. The maximum absolute atomic E-state index is 13.1. The van der Waals surface area contributed by atoms with Gasteiger partial charge in [-0.3, -0.25) is 9.59 Å². The molecule has 3 aliphatic carbocycles. The summed E-state index contributed by atoms with van der Waals surface area (Å²) in [6.07, 6.45) is 3.28. The highest BCUT2D eigenvalue weighted by Crippen LogP contribution is 2.72. The van der Waals surface area contributed by atoms with E-state index in [2.05, 4.69) is 38.1 Å². The van der Waals surface area contributed by atoms with Crippen LogP contribution in [0.2, 0.25) is 0 Å². The van der Waals surface area contributed by atoms with Crippen molar-refractivity contribution in [3.63, 3.8) is 0 Å². The van der Waals surface area contributed by atoms with Crippen LogP contribution < -0.4 is 0 Å². The van der Waals surface area contributed by atoms with E-state index in [1.165, 1.54) is 23.1 Å². The Hall–Kier alpha value is -2.10. The molecular weight excluding hydrogens is 364 g/mol. The first-order chi connectivity index (χ1) is 13.9. The monoisotopic (exact) mass is 396 g/mol. The van der Waals surface area contributed by atoms with Gasteiger partial charge in [0, 0.05) is 0 Å². The molecule has 29 heavy (non-hydrogen) atoms. The molecule has 0 bridgehead atoms. The molecule has 4 atom stereocenters. The fourth-order valence-electron chi connectivity index (χ4n) is 6.84. The van der Waals surface area contributed by atoms with Crippen LogP contribution in [0.1, 0.15) is 64.9 Å². The Morgan fingerprint density at radius 2 is 1.69 bits per heavy atom. The molecule has 0 N–H and O–H groups in total. The van der Waals surface area contributed by atoms with Gasteiger partial charge in [-0.05, 0) is 75.2 Å². The van der Waals surface area contributed by atoms with Gasteiger partial charge in [-0.2, -0.15) is 0 Å². The summed E-state index contributed by atoms with van der Waals surface area (Å²) < 4.78 is 10.9. The maximum Gasteiger partial charge on any atom is 0.323 e. The van der Waals surface area contributed by atoms with Crippen LogP contribution in [0.25, 0.3) is 0 Å². The lowest BCUT2D eigenvalue weighted by molar-refractivity contribution is -0.172. The molecule has 0 heterocycles. The van der Waals surface area contributed by atoms with Gasteiger partial charge in [-0.25, -0.2) is 0 Å². The van der Waals surface area contributed by atoms with Crippen molar-refractivity contribution in [3.05, 3.63) is 47.0 Å². The molecule has 2 saturated carbocycles. The van der Waals surface area contributed by atoms with Crippen LogP contribution in [0.3, 0.4) is 0 Å². The highest BCUT2D eigenvalue weighted by Gasteiger charge is 2.69. The molecule has 4 nitrogen and oxygen atoms in total. The van der Waals surface area contributed by atoms with E-state index in [0.29, 0.717) is 24.7 Å². The number of hydrogen-bond donors (Lipinski definition) is 0. The lowest BCUT2D eigenvalue weighted by Gasteiger charge is -2.30. The molecule has 156 valence electrons. The number of fused-ring (bicyclic) bond motifs is 3. The molecule has 2 fully saturated rings. The number of benzene rings is 1. The van der Waals surface area contributed by atoms with E-state index < -0.39 is 17.4 Å². The zero-order valence-electron chi connectivity index (χ0n) is 18.0. The molecule has 0 saturated heterocycles. The highest BCUT2D eigenvalue weighted by molar-refractivity contribution is 6.01. The summed E-state index contributed by atoms with van der Waals surface area (Å²) in [5.41, 5.74) is 2.89. The van der Waals surface area contributed by atoms with E-state index in [1.807, 2.05) is 6.07 Å². The van der Waals surface area contributed by atoms with Gasteiger partial charge in [0.15, 0.2) is 5.41 Å². The van der Waals surface area contributed by atoms with Gasteiger partial charge in [0.25, 0.3) is 0 Å². The molecule has 4 heteroatoms. The summed E-state index contributed by atoms with van der Waals surface area (Å²) in [5, 5.41) is 0. The molecule has 0 amide bonds. The number of carbonyl (C=O) groups is 2. The molecule has 0 aromatic heterocycles. The molecule has 0 aliphatic heterocycles. The summed E-state index contributed by atoms with van der Waals surface area (Å²) in [6.45, 7) is 8.64. The van der Waals surface area contributed by atoms with Crippen molar-refractivity contribution in [2.75, 3.05) is 13.2 Å². The first kappa shape index (κ1) is 20.2. The number of hydrogen-bond acceptors (Lipinski definition) is 4. The largest absolute Gasteiger partial charge is 0.465 e. The zero-order chi connectivity index (χ0) is 20.8. The first-order valence-corrected chi connectivity index (χ1v) is 11.0. The Balaban J connectivity index is 1.83. The topological polar surface area (TPSA) is 52.6 Å². The zero-order valence-corrected chi connectivity index (χ0v) is 18.0. The van der Waals surface area contributed by atoms with Gasteiger partial charge >= 0.3 is 11.9 Å². The Morgan fingerprint density at radius 1 is 1.07 bits per heavy atom. The summed E-state index contributed by atoms with van der Waals surface area (Å²) in [5.74, 6) is 0.255. The van der Waals surface area contributed by atoms with E-state index in [4.69, 9.17) is 9.47 Å². The van der Waals surface area contributed by atoms with Crippen molar-refractivity contribution in [2.24, 2.45) is 22.7 Å². The number of esters is 2. The second kappa shape index (κ2) is 7.30. The average Bonchev–Trinajstić information content (AvgIpc) is 3.30. The van der Waals surface area contributed by atoms with E-state index >= 15 is 0 Å². The second-order valence-electron chi connectivity index (χ2n) is 9.20. The number of rotatable bonds is 5. The third-order valence-electron chi connectivity index (χ3n) is 7.72. The predicted molar refractivity (Wildman–Crippen MR) is 111 cm³/mol. The third kappa shape index (κ3) is 2.86. The standard InChI is InChI=1S/C25H32O4/c1-5-28-22(26)25(23(27)29-6-2)14-19-20(17-10-8-7-9-11-17)18-13-12-16(3)21(18)24(19,4)15-25/h7-11,18-20H,5-6,12-15H2,1-4H3/t18-,19-,20+,24-/m0/s1. The van der Waals surface area contributed by atoms with Gasteiger partial charge < -0.3 is 9.47 Å². The van der Waals surface area contributed by atoms with Crippen LogP contribution in [0.4, 0.5) is 0 Å². The average molecular weight is 397 g/mol. The summed E-state index contributed by atoms with van der Waals surface area (Å²) in [4.78, 5) is 26.3. The van der Waals surface area contributed by atoms with Crippen LogP contribution in [-0.2, 0) is 19.1 Å². The molecule has 4 rings (SSSR count). The van der Waals surface area contributed by atoms with E-state index in [1.54, 1.807) is 13.8 Å². The van der Waals surface area contributed by atoms with E-state index in [-0.39, 0.29) is 24.5 Å². The van der Waals surface area contributed by atoms with Crippen molar-refractivity contribution in [3.8, 4) is 0 Å². The molecule has 3 aliphatic rings. The van der Waals surface area contributed by atoms with Crippen molar-refractivity contribution in [1.29, 1.82) is 0 Å². The van der Waals surface area contributed by atoms with E-state index in [9.17, 15) is 9.59 Å². The summed E-state index contributed by atoms with van der Waals surface area (Å²) >= 11 is 0. The predicted octanol–water partition coefficient (Wildman–Crippen LogP) is 5.04. The third-order valence-corrected chi connectivity index (χ3v) is 7.72. The van der Waals surface area contributed by atoms with Crippen molar-refractivity contribution >= 4 is 11.9 Å².